The molecule has 0 saturated carbocycles. The number of halogens is 2. The highest BCUT2D eigenvalue weighted by atomic mass is 32.2. The maximum absolute atomic E-state index is 12.7. The third-order valence-electron chi connectivity index (χ3n) is 2.73. The van der Waals surface area contributed by atoms with Crippen LogP contribution in [0.5, 0.6) is 0 Å². The minimum absolute atomic E-state index is 0.0555. The van der Waals surface area contributed by atoms with Gasteiger partial charge in [0, 0.05) is 0 Å². The minimum atomic E-state index is -3.79. The second-order valence-corrected chi connectivity index (χ2v) is 5.81. The van der Waals surface area contributed by atoms with Crippen LogP contribution in [-0.4, -0.2) is 18.2 Å². The van der Waals surface area contributed by atoms with Crippen LogP contribution in [0.25, 0.3) is 11.8 Å². The standard InChI is InChI=1S/C13H13F2N3O2S/c1-2-3-10-8-12(13(14)15)17-18(10)9-4-6-11(7-5-9)21(16,19)20/h2-8,13H,1H3,(H2,16,19,20)/b3-2+. The summed E-state index contributed by atoms with van der Waals surface area (Å²) in [6.45, 7) is 1.75. The fraction of sp³-hybridized carbons (Fsp3) is 0.154. The lowest BCUT2D eigenvalue weighted by Crippen LogP contribution is -2.12. The van der Waals surface area contributed by atoms with E-state index in [4.69, 9.17) is 5.14 Å². The number of alkyl halides is 2. The van der Waals surface area contributed by atoms with E-state index in [1.807, 2.05) is 0 Å². The molecule has 8 heteroatoms. The number of hydrogen-bond donors (Lipinski definition) is 1. The van der Waals surface area contributed by atoms with Gasteiger partial charge in [0.1, 0.15) is 5.69 Å². The quantitative estimate of drug-likeness (QED) is 0.942. The number of rotatable bonds is 4. The summed E-state index contributed by atoms with van der Waals surface area (Å²) in [5, 5.41) is 8.83. The van der Waals surface area contributed by atoms with E-state index < -0.39 is 16.4 Å². The van der Waals surface area contributed by atoms with E-state index >= 15 is 0 Å². The minimum Gasteiger partial charge on any atom is -0.233 e. The van der Waals surface area contributed by atoms with Gasteiger partial charge in [0.15, 0.2) is 0 Å². The van der Waals surface area contributed by atoms with Crippen LogP contribution in [0.4, 0.5) is 8.78 Å². The highest BCUT2D eigenvalue weighted by molar-refractivity contribution is 7.89. The fourth-order valence-electron chi connectivity index (χ4n) is 1.79. The average Bonchev–Trinajstić information content (AvgIpc) is 2.83. The molecule has 0 amide bonds. The maximum Gasteiger partial charge on any atom is 0.282 e. The zero-order valence-corrected chi connectivity index (χ0v) is 11.9. The summed E-state index contributed by atoms with van der Waals surface area (Å²) in [7, 11) is -3.79. The number of hydrogen-bond acceptors (Lipinski definition) is 3. The number of nitrogens with zero attached hydrogens (tertiary/aromatic N) is 2. The van der Waals surface area contributed by atoms with Crippen molar-refractivity contribution in [3.8, 4) is 5.69 Å². The molecule has 0 spiro atoms. The molecule has 0 bridgehead atoms. The van der Waals surface area contributed by atoms with Crippen molar-refractivity contribution in [2.45, 2.75) is 18.2 Å². The van der Waals surface area contributed by atoms with Gasteiger partial charge in [-0.25, -0.2) is 27.0 Å². The Morgan fingerprint density at radius 2 is 1.90 bits per heavy atom. The molecule has 2 rings (SSSR count). The van der Waals surface area contributed by atoms with Crippen molar-refractivity contribution in [3.05, 3.63) is 47.8 Å². The average molecular weight is 313 g/mol. The molecule has 2 aromatic rings. The second kappa shape index (κ2) is 5.74. The van der Waals surface area contributed by atoms with Gasteiger partial charge in [0.05, 0.1) is 16.3 Å². The van der Waals surface area contributed by atoms with E-state index in [1.54, 1.807) is 19.1 Å². The van der Waals surface area contributed by atoms with Crippen LogP contribution in [0.2, 0.25) is 0 Å². The molecule has 1 aromatic heterocycles. The van der Waals surface area contributed by atoms with Crippen LogP contribution in [0.15, 0.2) is 41.3 Å². The van der Waals surface area contributed by atoms with Crippen LogP contribution >= 0.6 is 0 Å². The maximum atomic E-state index is 12.7. The molecule has 5 nitrogen and oxygen atoms in total. The van der Waals surface area contributed by atoms with Crippen molar-refractivity contribution in [3.63, 3.8) is 0 Å². The van der Waals surface area contributed by atoms with E-state index in [9.17, 15) is 17.2 Å². The lowest BCUT2D eigenvalue weighted by atomic mass is 10.3. The summed E-state index contributed by atoms with van der Waals surface area (Å²) in [5.41, 5.74) is 0.581. The first-order valence-electron chi connectivity index (χ1n) is 5.97. The van der Waals surface area contributed by atoms with Crippen LogP contribution in [0.3, 0.4) is 0 Å². The van der Waals surface area contributed by atoms with Crippen LogP contribution in [0.1, 0.15) is 24.7 Å². The Morgan fingerprint density at radius 1 is 1.29 bits per heavy atom. The zero-order chi connectivity index (χ0) is 15.6. The molecule has 1 aromatic carbocycles. The van der Waals surface area contributed by atoms with E-state index in [-0.39, 0.29) is 10.6 Å². The van der Waals surface area contributed by atoms with Gasteiger partial charge < -0.3 is 0 Å². The Bertz CT molecular complexity index is 765. The number of allylic oxidation sites excluding steroid dienone is 1. The molecule has 2 N–H and O–H groups in total. The summed E-state index contributed by atoms with van der Waals surface area (Å²) in [4.78, 5) is -0.0555. The Hall–Kier alpha value is -2.06. The van der Waals surface area contributed by atoms with Crippen LogP contribution in [0, 0.1) is 0 Å². The number of benzene rings is 1. The lowest BCUT2D eigenvalue weighted by molar-refractivity contribution is 0.145. The van der Waals surface area contributed by atoms with Crippen molar-refractivity contribution < 1.29 is 17.2 Å². The first-order chi connectivity index (χ1) is 9.82. The molecular weight excluding hydrogens is 300 g/mol. The third-order valence-corrected chi connectivity index (χ3v) is 3.66. The van der Waals surface area contributed by atoms with E-state index in [0.29, 0.717) is 11.4 Å². The van der Waals surface area contributed by atoms with Crippen molar-refractivity contribution >= 4 is 16.1 Å². The lowest BCUT2D eigenvalue weighted by Gasteiger charge is -2.05. The Labute approximate surface area is 120 Å². The molecule has 0 aliphatic carbocycles. The van der Waals surface area contributed by atoms with Crippen LogP contribution < -0.4 is 5.14 Å². The summed E-state index contributed by atoms with van der Waals surface area (Å²) >= 11 is 0. The predicted octanol–water partition coefficient (Wildman–Crippen LogP) is 2.49. The van der Waals surface area contributed by atoms with Gasteiger partial charge in [-0.3, -0.25) is 0 Å². The number of aromatic nitrogens is 2. The Kier molecular flexibility index (Phi) is 4.19. The van der Waals surface area contributed by atoms with Crippen molar-refractivity contribution in [1.29, 1.82) is 0 Å². The molecular formula is C13H13F2N3O2S. The first kappa shape index (κ1) is 15.3. The Morgan fingerprint density at radius 3 is 2.38 bits per heavy atom. The summed E-state index contributed by atoms with van der Waals surface area (Å²) in [6.07, 6.45) is 0.646. The molecule has 1 heterocycles. The molecule has 0 aliphatic rings. The summed E-state index contributed by atoms with van der Waals surface area (Å²) in [5.74, 6) is 0. The topological polar surface area (TPSA) is 78.0 Å². The zero-order valence-electron chi connectivity index (χ0n) is 11.1. The van der Waals surface area contributed by atoms with E-state index in [1.165, 1.54) is 35.0 Å². The molecule has 0 fully saturated rings. The first-order valence-corrected chi connectivity index (χ1v) is 7.51. The van der Waals surface area contributed by atoms with E-state index in [2.05, 4.69) is 5.10 Å². The van der Waals surface area contributed by atoms with Crippen molar-refractivity contribution in [2.75, 3.05) is 0 Å². The highest BCUT2D eigenvalue weighted by Gasteiger charge is 2.15. The van der Waals surface area contributed by atoms with Gasteiger partial charge in [0.2, 0.25) is 10.0 Å². The molecule has 0 saturated heterocycles. The molecule has 0 atom stereocenters. The van der Waals surface area contributed by atoms with E-state index in [0.717, 1.165) is 0 Å². The molecule has 0 unspecified atom stereocenters. The van der Waals surface area contributed by atoms with Gasteiger partial charge in [0.25, 0.3) is 6.43 Å². The van der Waals surface area contributed by atoms with Crippen LogP contribution in [-0.2, 0) is 10.0 Å². The van der Waals surface area contributed by atoms with Crippen molar-refractivity contribution in [1.82, 2.24) is 9.78 Å². The van der Waals surface area contributed by atoms with Gasteiger partial charge in [-0.05, 0) is 43.3 Å². The monoisotopic (exact) mass is 313 g/mol. The molecule has 0 radical (unpaired) electrons. The normalized spacial score (nSPS) is 12.4. The largest absolute Gasteiger partial charge is 0.282 e. The summed E-state index contributed by atoms with van der Waals surface area (Å²) in [6, 6.07) is 6.78. The second-order valence-electron chi connectivity index (χ2n) is 4.25. The predicted molar refractivity (Wildman–Crippen MR) is 74.6 cm³/mol. The van der Waals surface area contributed by atoms with Crippen molar-refractivity contribution in [2.24, 2.45) is 5.14 Å². The molecule has 112 valence electrons. The fourth-order valence-corrected chi connectivity index (χ4v) is 2.31. The molecule has 21 heavy (non-hydrogen) atoms. The number of nitrogens with two attached hydrogens (primary N) is 1. The third kappa shape index (κ3) is 3.34. The van der Waals surface area contributed by atoms with Gasteiger partial charge in [-0.15, -0.1) is 0 Å². The number of sulfonamides is 1. The Balaban J connectivity index is 2.50. The highest BCUT2D eigenvalue weighted by Crippen LogP contribution is 2.22. The molecule has 0 aliphatic heterocycles. The van der Waals surface area contributed by atoms with Gasteiger partial charge >= 0.3 is 0 Å². The van der Waals surface area contributed by atoms with Gasteiger partial charge in [-0.2, -0.15) is 5.10 Å². The smallest absolute Gasteiger partial charge is 0.233 e. The summed E-state index contributed by atoms with van der Waals surface area (Å²) < 4.78 is 49.2. The van der Waals surface area contributed by atoms with Gasteiger partial charge in [-0.1, -0.05) is 6.08 Å². The SMILES string of the molecule is C/C=C/c1cc(C(F)F)nn1-c1ccc(S(N)(=O)=O)cc1. The number of primary sulfonamides is 1.